The Bertz CT molecular complexity index is 500. The normalized spacial score (nSPS) is 20.2. The number of rotatable bonds is 4. The molecule has 0 bridgehead atoms. The predicted molar refractivity (Wildman–Crippen MR) is 80.5 cm³/mol. The molecule has 0 amide bonds. The average Bonchev–Trinajstić information content (AvgIpc) is 2.84. The Labute approximate surface area is 122 Å². The second kappa shape index (κ2) is 6.05. The smallest absolute Gasteiger partial charge is 0.282 e. The van der Waals surface area contributed by atoms with Gasteiger partial charge in [0.05, 0.1) is 11.9 Å². The third kappa shape index (κ3) is 3.36. The molecule has 2 heterocycles. The lowest BCUT2D eigenvalue weighted by atomic mass is 10.1. The lowest BCUT2D eigenvalue weighted by Gasteiger charge is -2.20. The van der Waals surface area contributed by atoms with Crippen LogP contribution in [0.4, 0.5) is 5.69 Å². The van der Waals surface area contributed by atoms with Gasteiger partial charge in [0.25, 0.3) is 5.56 Å². The molecule has 1 atom stereocenters. The van der Waals surface area contributed by atoms with E-state index in [9.17, 15) is 4.79 Å². The van der Waals surface area contributed by atoms with Crippen molar-refractivity contribution in [3.05, 3.63) is 21.0 Å². The van der Waals surface area contributed by atoms with Crippen LogP contribution in [-0.2, 0) is 7.05 Å². The number of aryl methyl sites for hydroxylation is 1. The highest BCUT2D eigenvalue weighted by molar-refractivity contribution is 9.10. The van der Waals surface area contributed by atoms with Gasteiger partial charge < -0.3 is 10.2 Å². The van der Waals surface area contributed by atoms with Crippen molar-refractivity contribution >= 4 is 21.6 Å². The molecule has 106 valence electrons. The highest BCUT2D eigenvalue weighted by atomic mass is 79.9. The maximum absolute atomic E-state index is 11.7. The second-order valence-electron chi connectivity index (χ2n) is 5.43. The van der Waals surface area contributed by atoms with Crippen LogP contribution >= 0.6 is 15.9 Å². The molecule has 1 aromatic rings. The monoisotopic (exact) mass is 328 g/mol. The van der Waals surface area contributed by atoms with Crippen molar-refractivity contribution < 1.29 is 0 Å². The van der Waals surface area contributed by atoms with Crippen molar-refractivity contribution in [2.45, 2.75) is 26.3 Å². The Hall–Kier alpha value is -0.880. The van der Waals surface area contributed by atoms with Crippen LogP contribution in [0.3, 0.4) is 0 Å². The van der Waals surface area contributed by atoms with Crippen molar-refractivity contribution in [1.29, 1.82) is 0 Å². The standard InChI is InChI=1S/C13H21BrN4O/c1-9(2)18-5-4-10(8-18)6-15-11-7-16-17(3)13(19)12(11)14/h7,9-10,15H,4-6,8H2,1-3H3. The van der Waals surface area contributed by atoms with Gasteiger partial charge in [-0.2, -0.15) is 5.10 Å². The number of hydrogen-bond donors (Lipinski definition) is 1. The molecule has 5 nitrogen and oxygen atoms in total. The summed E-state index contributed by atoms with van der Waals surface area (Å²) in [6, 6.07) is 0.613. The van der Waals surface area contributed by atoms with Gasteiger partial charge in [-0.25, -0.2) is 4.68 Å². The molecule has 1 aromatic heterocycles. The first-order valence-corrected chi connectivity index (χ1v) is 7.48. The Morgan fingerprint density at radius 1 is 1.58 bits per heavy atom. The molecule has 1 N–H and O–H groups in total. The molecule has 1 saturated heterocycles. The van der Waals surface area contributed by atoms with Gasteiger partial charge in [0.1, 0.15) is 4.47 Å². The molecule has 0 aromatic carbocycles. The van der Waals surface area contributed by atoms with Crippen LogP contribution in [0.1, 0.15) is 20.3 Å². The minimum absolute atomic E-state index is 0.111. The fourth-order valence-electron chi connectivity index (χ4n) is 2.39. The van der Waals surface area contributed by atoms with Crippen molar-refractivity contribution in [2.75, 3.05) is 25.0 Å². The van der Waals surface area contributed by atoms with E-state index in [1.54, 1.807) is 13.2 Å². The van der Waals surface area contributed by atoms with Crippen molar-refractivity contribution in [3.63, 3.8) is 0 Å². The number of nitrogens with one attached hydrogen (secondary N) is 1. The van der Waals surface area contributed by atoms with E-state index < -0.39 is 0 Å². The van der Waals surface area contributed by atoms with Gasteiger partial charge >= 0.3 is 0 Å². The van der Waals surface area contributed by atoms with Gasteiger partial charge in [-0.1, -0.05) is 0 Å². The molecule has 6 heteroatoms. The van der Waals surface area contributed by atoms with E-state index in [4.69, 9.17) is 0 Å². The Balaban J connectivity index is 1.94. The van der Waals surface area contributed by atoms with Gasteiger partial charge in [0.15, 0.2) is 0 Å². The highest BCUT2D eigenvalue weighted by Crippen LogP contribution is 2.21. The summed E-state index contributed by atoms with van der Waals surface area (Å²) in [5.41, 5.74) is 0.673. The molecular weight excluding hydrogens is 308 g/mol. The summed E-state index contributed by atoms with van der Waals surface area (Å²) >= 11 is 3.33. The molecule has 19 heavy (non-hydrogen) atoms. The van der Waals surface area contributed by atoms with E-state index >= 15 is 0 Å². The average molecular weight is 329 g/mol. The summed E-state index contributed by atoms with van der Waals surface area (Å²) in [5, 5.41) is 7.36. The molecule has 0 spiro atoms. The SMILES string of the molecule is CC(C)N1CCC(CNc2cnn(C)c(=O)c2Br)C1. The zero-order chi connectivity index (χ0) is 14.0. The number of halogens is 1. The lowest BCUT2D eigenvalue weighted by molar-refractivity contribution is 0.266. The van der Waals surface area contributed by atoms with E-state index in [2.05, 4.69) is 45.1 Å². The maximum atomic E-state index is 11.7. The fourth-order valence-corrected chi connectivity index (χ4v) is 2.89. The number of likely N-dealkylation sites (tertiary alicyclic amines) is 1. The predicted octanol–water partition coefficient (Wildman–Crippen LogP) is 1.68. The third-order valence-electron chi connectivity index (χ3n) is 3.71. The minimum Gasteiger partial charge on any atom is -0.382 e. The van der Waals surface area contributed by atoms with Crippen molar-refractivity contribution in [3.8, 4) is 0 Å². The molecule has 1 aliphatic rings. The number of aromatic nitrogens is 2. The fraction of sp³-hybridized carbons (Fsp3) is 0.692. The summed E-state index contributed by atoms with van der Waals surface area (Å²) in [7, 11) is 1.65. The molecule has 2 rings (SSSR count). The molecule has 1 unspecified atom stereocenters. The van der Waals surface area contributed by atoms with Crippen LogP contribution in [0.2, 0.25) is 0 Å². The summed E-state index contributed by atoms with van der Waals surface area (Å²) in [5.74, 6) is 0.637. The van der Waals surface area contributed by atoms with Gasteiger partial charge in [0, 0.05) is 26.2 Å². The largest absolute Gasteiger partial charge is 0.382 e. The van der Waals surface area contributed by atoms with Crippen LogP contribution in [0.15, 0.2) is 15.5 Å². The Kier molecular flexibility index (Phi) is 4.62. The summed E-state index contributed by atoms with van der Waals surface area (Å²) < 4.78 is 1.88. The first kappa shape index (κ1) is 14.5. The molecular formula is C13H21BrN4O. The number of nitrogens with zero attached hydrogens (tertiary/aromatic N) is 3. The number of hydrogen-bond acceptors (Lipinski definition) is 4. The molecule has 0 radical (unpaired) electrons. The van der Waals surface area contributed by atoms with Crippen LogP contribution < -0.4 is 10.9 Å². The molecule has 1 fully saturated rings. The van der Waals surface area contributed by atoms with Gasteiger partial charge in [-0.3, -0.25) is 4.79 Å². The van der Waals surface area contributed by atoms with E-state index in [0.717, 1.165) is 18.8 Å². The quantitative estimate of drug-likeness (QED) is 0.913. The minimum atomic E-state index is -0.111. The maximum Gasteiger partial charge on any atom is 0.282 e. The zero-order valence-electron chi connectivity index (χ0n) is 11.7. The van der Waals surface area contributed by atoms with Gasteiger partial charge in [-0.15, -0.1) is 0 Å². The second-order valence-corrected chi connectivity index (χ2v) is 6.22. The Morgan fingerprint density at radius 3 is 2.95 bits per heavy atom. The summed E-state index contributed by atoms with van der Waals surface area (Å²) in [6.45, 7) is 7.64. The summed E-state index contributed by atoms with van der Waals surface area (Å²) in [6.07, 6.45) is 2.90. The first-order valence-electron chi connectivity index (χ1n) is 6.68. The van der Waals surface area contributed by atoms with E-state index in [1.807, 2.05) is 0 Å². The van der Waals surface area contributed by atoms with Crippen LogP contribution in [0.5, 0.6) is 0 Å². The van der Waals surface area contributed by atoms with Gasteiger partial charge in [-0.05, 0) is 48.7 Å². The topological polar surface area (TPSA) is 50.2 Å². The van der Waals surface area contributed by atoms with E-state index in [1.165, 1.54) is 17.6 Å². The highest BCUT2D eigenvalue weighted by Gasteiger charge is 2.24. The molecule has 0 aliphatic carbocycles. The van der Waals surface area contributed by atoms with Gasteiger partial charge in [0.2, 0.25) is 0 Å². The van der Waals surface area contributed by atoms with Crippen LogP contribution in [0, 0.1) is 5.92 Å². The summed E-state index contributed by atoms with van der Waals surface area (Å²) in [4.78, 5) is 14.2. The van der Waals surface area contributed by atoms with Crippen molar-refractivity contribution in [1.82, 2.24) is 14.7 Å². The van der Waals surface area contributed by atoms with Crippen LogP contribution in [0.25, 0.3) is 0 Å². The van der Waals surface area contributed by atoms with E-state index in [0.29, 0.717) is 16.4 Å². The molecule has 0 saturated carbocycles. The zero-order valence-corrected chi connectivity index (χ0v) is 13.3. The molecule has 1 aliphatic heterocycles. The Morgan fingerprint density at radius 2 is 2.32 bits per heavy atom. The number of anilines is 1. The van der Waals surface area contributed by atoms with Crippen LogP contribution in [-0.4, -0.2) is 40.4 Å². The first-order chi connectivity index (χ1) is 8.99. The third-order valence-corrected chi connectivity index (χ3v) is 4.47. The lowest BCUT2D eigenvalue weighted by Crippen LogP contribution is -2.29. The van der Waals surface area contributed by atoms with E-state index in [-0.39, 0.29) is 5.56 Å². The van der Waals surface area contributed by atoms with Crippen molar-refractivity contribution in [2.24, 2.45) is 13.0 Å².